The maximum Gasteiger partial charge on any atom is 0.135 e. The zero-order chi connectivity index (χ0) is 53.4. The number of aromatic nitrogens is 8. The maximum atomic E-state index is 6.65. The molecule has 0 bridgehead atoms. The van der Waals surface area contributed by atoms with E-state index in [0.29, 0.717) is 0 Å². The predicted molar refractivity (Wildman–Crippen MR) is 328 cm³/mol. The summed E-state index contributed by atoms with van der Waals surface area (Å²) in [5, 5.41) is 6.75. The van der Waals surface area contributed by atoms with Gasteiger partial charge in [0.1, 0.15) is 11.2 Å². The third-order valence-corrected chi connectivity index (χ3v) is 16.1. The van der Waals surface area contributed by atoms with E-state index < -0.39 is 0 Å². The Morgan fingerprint density at radius 3 is 1.52 bits per heavy atom. The van der Waals surface area contributed by atoms with E-state index in [-0.39, 0.29) is 0 Å². The van der Waals surface area contributed by atoms with E-state index in [4.69, 9.17) is 9.40 Å². The lowest BCUT2D eigenvalue weighted by molar-refractivity contribution is 0.669. The van der Waals surface area contributed by atoms with E-state index >= 15 is 0 Å². The normalized spacial score (nSPS) is 12.7. The van der Waals surface area contributed by atoms with Gasteiger partial charge in [0, 0.05) is 92.0 Å². The highest BCUT2D eigenvalue weighted by molar-refractivity contribution is 6.15. The predicted octanol–water partition coefficient (Wildman–Crippen LogP) is 17.7. The van der Waals surface area contributed by atoms with Gasteiger partial charge in [0.15, 0.2) is 0 Å². The average Bonchev–Trinajstić information content (AvgIpc) is 4.35. The van der Waals surface area contributed by atoms with E-state index in [1.807, 2.05) is 18.6 Å². The molecule has 0 N–H and O–H groups in total. The van der Waals surface area contributed by atoms with Crippen molar-refractivity contribution in [2.45, 2.75) is 12.8 Å². The van der Waals surface area contributed by atoms with Crippen LogP contribution < -0.4 is 0 Å². The maximum absolute atomic E-state index is 6.65. The molecule has 6 aromatic heterocycles. The second-order valence-electron chi connectivity index (χ2n) is 20.7. The van der Waals surface area contributed by atoms with E-state index in [9.17, 15) is 0 Å². The van der Waals surface area contributed by atoms with Gasteiger partial charge >= 0.3 is 0 Å². The number of rotatable bonds is 9. The molecule has 0 radical (unpaired) electrons. The topological polar surface area (TPSA) is 100 Å². The zero-order valence-electron chi connectivity index (χ0n) is 43.6. The highest BCUT2D eigenvalue weighted by Gasteiger charge is 2.21. The van der Waals surface area contributed by atoms with Crippen LogP contribution in [0.25, 0.3) is 144 Å². The molecular formula is C72H46N8O. The molecule has 9 nitrogen and oxygen atoms in total. The summed E-state index contributed by atoms with van der Waals surface area (Å²) >= 11 is 0. The van der Waals surface area contributed by atoms with Crippen LogP contribution in [0.15, 0.2) is 260 Å². The summed E-state index contributed by atoms with van der Waals surface area (Å²) in [6, 6.07) is 68.3. The highest BCUT2D eigenvalue weighted by Crippen LogP contribution is 2.43. The Bertz CT molecular complexity index is 5040. The van der Waals surface area contributed by atoms with Gasteiger partial charge in [-0.3, -0.25) is 29.9 Å². The number of para-hydroxylation sites is 1. The van der Waals surface area contributed by atoms with Crippen molar-refractivity contribution in [3.05, 3.63) is 267 Å². The molecule has 0 unspecified atom stereocenters. The Hall–Kier alpha value is -10.9. The van der Waals surface area contributed by atoms with Gasteiger partial charge in [-0.1, -0.05) is 103 Å². The molecule has 0 atom stereocenters. The van der Waals surface area contributed by atoms with Crippen LogP contribution in [0.3, 0.4) is 0 Å². The van der Waals surface area contributed by atoms with Gasteiger partial charge in [-0.15, -0.1) is 0 Å². The zero-order valence-corrected chi connectivity index (χ0v) is 43.6. The van der Waals surface area contributed by atoms with Gasteiger partial charge in [0.05, 0.1) is 57.7 Å². The monoisotopic (exact) mass is 1040 g/mol. The number of nitrogens with zero attached hydrogens (tertiary/aromatic N) is 8. The van der Waals surface area contributed by atoms with E-state index in [0.717, 1.165) is 146 Å². The molecule has 1 aliphatic carbocycles. The summed E-state index contributed by atoms with van der Waals surface area (Å²) < 4.78 is 11.4. The number of allylic oxidation sites excluding steroid dienone is 4. The third-order valence-electron chi connectivity index (χ3n) is 16.1. The number of fused-ring (bicyclic) bond motifs is 9. The fourth-order valence-electron chi connectivity index (χ4n) is 12.3. The second kappa shape index (κ2) is 18.9. The number of furan rings is 1. The number of hydrogen-bond donors (Lipinski definition) is 0. The molecule has 0 fully saturated rings. The van der Waals surface area contributed by atoms with Crippen molar-refractivity contribution in [3.63, 3.8) is 0 Å². The smallest absolute Gasteiger partial charge is 0.135 e. The third kappa shape index (κ3) is 7.85. The van der Waals surface area contributed by atoms with Crippen molar-refractivity contribution in [1.29, 1.82) is 0 Å². The lowest BCUT2D eigenvalue weighted by Gasteiger charge is -2.16. The molecule has 0 aliphatic heterocycles. The fraction of sp³-hybridized carbons (Fsp3) is 0.0278. The minimum atomic E-state index is 0.836. The lowest BCUT2D eigenvalue weighted by Crippen LogP contribution is -1.98. The minimum absolute atomic E-state index is 0.836. The molecule has 0 saturated heterocycles. The van der Waals surface area contributed by atoms with Gasteiger partial charge in [0.2, 0.25) is 0 Å². The van der Waals surface area contributed by atoms with Crippen LogP contribution in [0, 0.1) is 0 Å². The molecule has 0 saturated carbocycles. The van der Waals surface area contributed by atoms with Crippen molar-refractivity contribution >= 4 is 76.7 Å². The first-order valence-corrected chi connectivity index (χ1v) is 27.2. The van der Waals surface area contributed by atoms with Crippen molar-refractivity contribution in [2.75, 3.05) is 0 Å². The van der Waals surface area contributed by atoms with Gasteiger partial charge in [0.25, 0.3) is 0 Å². The average molecular weight is 1040 g/mol. The van der Waals surface area contributed by atoms with Gasteiger partial charge in [-0.2, -0.15) is 0 Å². The molecule has 6 heterocycles. The van der Waals surface area contributed by atoms with Crippen LogP contribution in [-0.2, 0) is 0 Å². The van der Waals surface area contributed by atoms with Crippen LogP contribution in [0.2, 0.25) is 0 Å². The summed E-state index contributed by atoms with van der Waals surface area (Å²) in [7, 11) is 0. The first-order valence-electron chi connectivity index (χ1n) is 27.2. The Morgan fingerprint density at radius 1 is 0.346 bits per heavy atom. The Kier molecular flexibility index (Phi) is 10.8. The van der Waals surface area contributed by atoms with Crippen LogP contribution in [0.1, 0.15) is 24.1 Å². The Labute approximate surface area is 465 Å². The fourth-order valence-corrected chi connectivity index (χ4v) is 12.3. The first kappa shape index (κ1) is 46.2. The van der Waals surface area contributed by atoms with E-state index in [2.05, 4.69) is 234 Å². The molecule has 81 heavy (non-hydrogen) atoms. The number of benzene rings is 9. The van der Waals surface area contributed by atoms with Crippen LogP contribution in [-0.4, -0.2) is 39.0 Å². The Balaban J connectivity index is 0.846. The van der Waals surface area contributed by atoms with Crippen LogP contribution in [0.4, 0.5) is 0 Å². The van der Waals surface area contributed by atoms with Crippen molar-refractivity contribution in [1.82, 2.24) is 39.0 Å². The largest absolute Gasteiger partial charge is 0.456 e. The van der Waals surface area contributed by atoms with E-state index in [1.54, 1.807) is 37.2 Å². The van der Waals surface area contributed by atoms with Crippen molar-refractivity contribution in [2.24, 2.45) is 0 Å². The molecule has 0 spiro atoms. The van der Waals surface area contributed by atoms with Gasteiger partial charge in [-0.25, -0.2) is 0 Å². The summed E-state index contributed by atoms with van der Waals surface area (Å²) in [6.45, 7) is 0. The Morgan fingerprint density at radius 2 is 0.852 bits per heavy atom. The summed E-state index contributed by atoms with van der Waals surface area (Å²) in [6.07, 6.45) is 22.3. The number of hydrogen-bond acceptors (Lipinski definition) is 7. The lowest BCUT2D eigenvalue weighted by atomic mass is 9.90. The summed E-state index contributed by atoms with van der Waals surface area (Å²) in [4.78, 5) is 27.2. The molecule has 16 rings (SSSR count). The van der Waals surface area contributed by atoms with Gasteiger partial charge in [-0.05, 0) is 160 Å². The second-order valence-corrected chi connectivity index (χ2v) is 20.7. The summed E-state index contributed by atoms with van der Waals surface area (Å²) in [5.74, 6) is 0. The summed E-state index contributed by atoms with van der Waals surface area (Å²) in [5.41, 5.74) is 23.2. The van der Waals surface area contributed by atoms with E-state index in [1.165, 1.54) is 21.9 Å². The molecule has 0 amide bonds. The molecular weight excluding hydrogens is 993 g/mol. The van der Waals surface area contributed by atoms with Crippen LogP contribution >= 0.6 is 0 Å². The van der Waals surface area contributed by atoms with Gasteiger partial charge < -0.3 is 13.6 Å². The molecule has 9 aromatic carbocycles. The minimum Gasteiger partial charge on any atom is -0.456 e. The highest BCUT2D eigenvalue weighted by atomic mass is 16.3. The molecule has 1 aliphatic rings. The molecule has 15 aromatic rings. The first-order chi connectivity index (χ1) is 40.1. The SMILES string of the molecule is C1=CC(c2ccc3c(c2)c2cc(-c4cccc(-c5cnccn5)c4)ccc2n3-c2ccc3oc4ccc(-c5ccc6c(c5)c5cc(-c7ccccc7-c7cnccn7)ccc5n6-c5ccccc5)cc4c3c2)=C(c2cnccn2)CC1. The quantitative estimate of drug-likeness (QED) is 0.142. The molecule has 380 valence electrons. The van der Waals surface area contributed by atoms with Crippen LogP contribution in [0.5, 0.6) is 0 Å². The van der Waals surface area contributed by atoms with Crippen molar-refractivity contribution < 1.29 is 4.42 Å². The standard InChI is InChI=1S/C72H46N8O/c1-2-11-52(12-3-1)79-67-23-18-47(37-58(67)60-39-49(19-25-68(60)79)54-13-4-6-15-56(54)65-43-74-30-33-77-65)48-21-27-71-62(38-48)63-41-53(22-28-72(63)81-71)80-69-24-17-46(45-9-8-10-51(35-45)64-42-73-29-32-76-64)36-59(69)61-40-50(20-26-70(61)80)55-14-5-7-16-57(55)66-44-75-31-34-78-66/h1-6,8-15,17-44H,7,16H2. The molecule has 9 heteroatoms. The van der Waals surface area contributed by atoms with Crippen molar-refractivity contribution in [3.8, 4) is 67.3 Å².